The lowest BCUT2D eigenvalue weighted by molar-refractivity contribution is -0.142. The molecule has 1 aliphatic heterocycles. The molecule has 1 aliphatic carbocycles. The van der Waals surface area contributed by atoms with Crippen molar-refractivity contribution in [3.63, 3.8) is 0 Å². The first-order chi connectivity index (χ1) is 10.7. The minimum atomic E-state index is -0.298. The molecule has 0 spiro atoms. The zero-order chi connectivity index (χ0) is 17.3. The Balaban J connectivity index is 2.38. The van der Waals surface area contributed by atoms with E-state index in [0.29, 0.717) is 23.7 Å². The Kier molecular flexibility index (Phi) is 5.81. The van der Waals surface area contributed by atoms with Crippen LogP contribution >= 0.6 is 0 Å². The SMILES string of the molecule is CC(C)CNC(=O)[C@]1(C2CCCCC2)C(C(C)(C)C)CCN1C. The van der Waals surface area contributed by atoms with Crippen molar-refractivity contribution in [2.45, 2.75) is 78.7 Å². The van der Waals surface area contributed by atoms with Gasteiger partial charge in [0, 0.05) is 6.54 Å². The van der Waals surface area contributed by atoms with Gasteiger partial charge in [0.15, 0.2) is 0 Å². The molecular formula is C20H38N2O. The number of rotatable bonds is 4. The lowest BCUT2D eigenvalue weighted by Gasteiger charge is -2.50. The second-order valence-electron chi connectivity index (χ2n) is 9.39. The van der Waals surface area contributed by atoms with Crippen molar-refractivity contribution in [3.05, 3.63) is 0 Å². The standard InChI is InChI=1S/C20H38N2O/c1-15(2)14-21-18(23)20(16-10-8-7-9-11-16)17(19(3,4)5)12-13-22(20)6/h15-17H,7-14H2,1-6H3,(H,21,23)/t17?,20-/m0/s1. The molecule has 0 radical (unpaired) electrons. The molecule has 0 aromatic carbocycles. The van der Waals surface area contributed by atoms with Crippen molar-refractivity contribution in [3.8, 4) is 0 Å². The van der Waals surface area contributed by atoms with Gasteiger partial charge in [-0.05, 0) is 56.0 Å². The molecular weight excluding hydrogens is 284 g/mol. The number of hydrogen-bond acceptors (Lipinski definition) is 2. The maximum absolute atomic E-state index is 13.5. The van der Waals surface area contributed by atoms with Crippen LogP contribution in [0.4, 0.5) is 0 Å². The minimum Gasteiger partial charge on any atom is -0.354 e. The van der Waals surface area contributed by atoms with Crippen molar-refractivity contribution in [2.75, 3.05) is 20.1 Å². The number of nitrogens with zero attached hydrogens (tertiary/aromatic N) is 1. The molecule has 134 valence electrons. The summed E-state index contributed by atoms with van der Waals surface area (Å²) in [6.07, 6.45) is 7.48. The topological polar surface area (TPSA) is 32.3 Å². The van der Waals surface area contributed by atoms with Gasteiger partial charge in [-0.1, -0.05) is 53.9 Å². The van der Waals surface area contributed by atoms with Gasteiger partial charge >= 0.3 is 0 Å². The normalized spacial score (nSPS) is 30.8. The summed E-state index contributed by atoms with van der Waals surface area (Å²) in [6.45, 7) is 13.2. The fraction of sp³-hybridized carbons (Fsp3) is 0.950. The van der Waals surface area contributed by atoms with Gasteiger partial charge in [-0.15, -0.1) is 0 Å². The molecule has 1 N–H and O–H groups in total. The van der Waals surface area contributed by atoms with Gasteiger partial charge < -0.3 is 5.32 Å². The van der Waals surface area contributed by atoms with E-state index in [-0.39, 0.29) is 11.0 Å². The zero-order valence-corrected chi connectivity index (χ0v) is 16.2. The number of likely N-dealkylation sites (tertiary alicyclic amines) is 1. The Morgan fingerprint density at radius 1 is 1.17 bits per heavy atom. The molecule has 0 bridgehead atoms. The summed E-state index contributed by atoms with van der Waals surface area (Å²) >= 11 is 0. The highest BCUT2D eigenvalue weighted by Crippen LogP contribution is 2.52. The summed E-state index contributed by atoms with van der Waals surface area (Å²) < 4.78 is 0. The predicted octanol–water partition coefficient (Wildman–Crippen LogP) is 4.08. The van der Waals surface area contributed by atoms with Gasteiger partial charge in [0.1, 0.15) is 5.54 Å². The first-order valence-corrected chi connectivity index (χ1v) is 9.70. The van der Waals surface area contributed by atoms with Gasteiger partial charge in [0.2, 0.25) is 5.91 Å². The number of carbonyl (C=O) groups excluding carboxylic acids is 1. The molecule has 1 saturated heterocycles. The van der Waals surface area contributed by atoms with Crippen molar-refractivity contribution < 1.29 is 4.79 Å². The number of hydrogen-bond donors (Lipinski definition) is 1. The molecule has 23 heavy (non-hydrogen) atoms. The van der Waals surface area contributed by atoms with Gasteiger partial charge in [-0.2, -0.15) is 0 Å². The number of carbonyl (C=O) groups is 1. The molecule has 1 amide bonds. The molecule has 2 aliphatic rings. The largest absolute Gasteiger partial charge is 0.354 e. The minimum absolute atomic E-state index is 0.164. The first kappa shape index (κ1) is 18.8. The molecule has 0 aromatic heterocycles. The van der Waals surface area contributed by atoms with E-state index < -0.39 is 0 Å². The smallest absolute Gasteiger partial charge is 0.241 e. The summed E-state index contributed by atoms with van der Waals surface area (Å²) in [5, 5.41) is 3.31. The van der Waals surface area contributed by atoms with Crippen LogP contribution < -0.4 is 5.32 Å². The lowest BCUT2D eigenvalue weighted by atomic mass is 9.60. The van der Waals surface area contributed by atoms with E-state index in [4.69, 9.17) is 0 Å². The molecule has 1 heterocycles. The number of likely N-dealkylation sites (N-methyl/N-ethyl adjacent to an activating group) is 1. The first-order valence-electron chi connectivity index (χ1n) is 9.70. The molecule has 0 aromatic rings. The molecule has 3 heteroatoms. The van der Waals surface area contributed by atoms with Crippen LogP contribution in [0.15, 0.2) is 0 Å². The summed E-state index contributed by atoms with van der Waals surface area (Å²) in [7, 11) is 2.19. The molecule has 1 unspecified atom stereocenters. The van der Waals surface area contributed by atoms with Crippen LogP contribution in [0.25, 0.3) is 0 Å². The maximum Gasteiger partial charge on any atom is 0.241 e. The zero-order valence-electron chi connectivity index (χ0n) is 16.2. The third-order valence-corrected chi connectivity index (χ3v) is 6.22. The average molecular weight is 323 g/mol. The van der Waals surface area contributed by atoms with Gasteiger partial charge in [-0.3, -0.25) is 9.69 Å². The van der Waals surface area contributed by atoms with Crippen molar-refractivity contribution in [2.24, 2.45) is 23.2 Å². The van der Waals surface area contributed by atoms with Gasteiger partial charge in [0.25, 0.3) is 0 Å². The second kappa shape index (κ2) is 7.13. The van der Waals surface area contributed by atoms with Crippen molar-refractivity contribution in [1.29, 1.82) is 0 Å². The second-order valence-corrected chi connectivity index (χ2v) is 9.39. The Morgan fingerprint density at radius 3 is 2.30 bits per heavy atom. The summed E-state index contributed by atoms with van der Waals surface area (Å²) in [5.74, 6) is 1.76. The third-order valence-electron chi connectivity index (χ3n) is 6.22. The van der Waals surface area contributed by atoms with Gasteiger partial charge in [0.05, 0.1) is 0 Å². The third kappa shape index (κ3) is 3.60. The highest BCUT2D eigenvalue weighted by atomic mass is 16.2. The summed E-state index contributed by atoms with van der Waals surface area (Å²) in [5.41, 5.74) is -0.134. The monoisotopic (exact) mass is 322 g/mol. The summed E-state index contributed by atoms with van der Waals surface area (Å²) in [6, 6.07) is 0. The quantitative estimate of drug-likeness (QED) is 0.846. The van der Waals surface area contributed by atoms with E-state index in [0.717, 1.165) is 19.5 Å². The molecule has 3 nitrogen and oxygen atoms in total. The van der Waals surface area contributed by atoms with E-state index in [1.165, 1.54) is 32.1 Å². The average Bonchev–Trinajstić information content (AvgIpc) is 2.84. The van der Waals surface area contributed by atoms with Crippen LogP contribution in [0.1, 0.15) is 73.1 Å². The van der Waals surface area contributed by atoms with E-state index >= 15 is 0 Å². The Morgan fingerprint density at radius 2 is 1.78 bits per heavy atom. The van der Waals surface area contributed by atoms with E-state index in [9.17, 15) is 4.79 Å². The molecule has 1 saturated carbocycles. The van der Waals surface area contributed by atoms with Crippen LogP contribution in [-0.4, -0.2) is 36.5 Å². The van der Waals surface area contributed by atoms with E-state index in [2.05, 4.69) is 51.9 Å². The lowest BCUT2D eigenvalue weighted by Crippen LogP contribution is -2.64. The fourth-order valence-electron chi connectivity index (χ4n) is 5.18. The Labute approximate surface area is 143 Å². The maximum atomic E-state index is 13.5. The summed E-state index contributed by atoms with van der Waals surface area (Å²) in [4.78, 5) is 15.9. The molecule has 2 rings (SSSR count). The van der Waals surface area contributed by atoms with Crippen LogP contribution in [0.3, 0.4) is 0 Å². The fourth-order valence-corrected chi connectivity index (χ4v) is 5.18. The van der Waals surface area contributed by atoms with Crippen molar-refractivity contribution >= 4 is 5.91 Å². The van der Waals surface area contributed by atoms with Crippen LogP contribution in [-0.2, 0) is 4.79 Å². The van der Waals surface area contributed by atoms with Crippen molar-refractivity contribution in [1.82, 2.24) is 10.2 Å². The van der Waals surface area contributed by atoms with Crippen LogP contribution in [0, 0.1) is 23.2 Å². The molecule has 2 atom stereocenters. The highest BCUT2D eigenvalue weighted by molar-refractivity contribution is 5.87. The molecule has 2 fully saturated rings. The van der Waals surface area contributed by atoms with E-state index in [1.54, 1.807) is 0 Å². The number of amides is 1. The Hall–Kier alpha value is -0.570. The predicted molar refractivity (Wildman–Crippen MR) is 97.3 cm³/mol. The Bertz CT molecular complexity index is 406. The van der Waals surface area contributed by atoms with Crippen LogP contribution in [0.5, 0.6) is 0 Å². The van der Waals surface area contributed by atoms with Gasteiger partial charge in [-0.25, -0.2) is 0 Å². The highest BCUT2D eigenvalue weighted by Gasteiger charge is 2.59. The number of nitrogens with one attached hydrogen (secondary N) is 1. The van der Waals surface area contributed by atoms with E-state index in [1.807, 2.05) is 0 Å². The van der Waals surface area contributed by atoms with Crippen LogP contribution in [0.2, 0.25) is 0 Å².